The Bertz CT molecular complexity index is 207. The Hall–Kier alpha value is -0.870. The van der Waals surface area contributed by atoms with Gasteiger partial charge < -0.3 is 10.2 Å². The highest BCUT2D eigenvalue weighted by atomic mass is 16.5. The molecule has 1 heterocycles. The number of hydrogen-bond acceptors (Lipinski definition) is 2. The minimum Gasteiger partial charge on any atom is -0.365 e. The molecule has 0 unspecified atom stereocenters. The van der Waals surface area contributed by atoms with Gasteiger partial charge in [-0.1, -0.05) is 0 Å². The van der Waals surface area contributed by atoms with Crippen LogP contribution >= 0.6 is 0 Å². The lowest BCUT2D eigenvalue weighted by Gasteiger charge is -1.96. The third-order valence-corrected chi connectivity index (χ3v) is 1.20. The standard InChI is InChI=1S/C6H11N2O2/c1-7-2-3-8(5-7)4-6(9)10/h2-3,5-6,9-10H,4H2,1H3/q+1. The van der Waals surface area contributed by atoms with Crippen LogP contribution in [0.2, 0.25) is 0 Å². The van der Waals surface area contributed by atoms with Crippen LogP contribution < -0.4 is 4.57 Å². The Balaban J connectivity index is 2.58. The van der Waals surface area contributed by atoms with E-state index in [-0.39, 0.29) is 6.54 Å². The predicted octanol–water partition coefficient (Wildman–Crippen LogP) is -1.38. The van der Waals surface area contributed by atoms with Gasteiger partial charge in [0.05, 0.1) is 7.05 Å². The van der Waals surface area contributed by atoms with Gasteiger partial charge in [0.15, 0.2) is 6.29 Å². The van der Waals surface area contributed by atoms with E-state index in [4.69, 9.17) is 10.2 Å². The molecule has 0 fully saturated rings. The van der Waals surface area contributed by atoms with E-state index in [2.05, 4.69) is 0 Å². The molecule has 0 aliphatic carbocycles. The van der Waals surface area contributed by atoms with Crippen molar-refractivity contribution in [1.82, 2.24) is 4.57 Å². The zero-order valence-electron chi connectivity index (χ0n) is 5.81. The molecule has 1 aromatic rings. The van der Waals surface area contributed by atoms with Gasteiger partial charge in [-0.15, -0.1) is 0 Å². The molecule has 1 aromatic heterocycles. The van der Waals surface area contributed by atoms with Crippen molar-refractivity contribution in [3.8, 4) is 0 Å². The highest BCUT2D eigenvalue weighted by Gasteiger charge is 2.03. The van der Waals surface area contributed by atoms with Gasteiger partial charge in [-0.3, -0.25) is 0 Å². The smallest absolute Gasteiger partial charge is 0.243 e. The summed E-state index contributed by atoms with van der Waals surface area (Å²) in [6, 6.07) is 0. The maximum Gasteiger partial charge on any atom is 0.243 e. The van der Waals surface area contributed by atoms with Gasteiger partial charge in [0.25, 0.3) is 0 Å². The molecule has 2 N–H and O–H groups in total. The predicted molar refractivity (Wildman–Crippen MR) is 33.8 cm³/mol. The lowest BCUT2D eigenvalue weighted by Crippen LogP contribution is -2.24. The van der Waals surface area contributed by atoms with Crippen LogP contribution in [0.25, 0.3) is 0 Å². The van der Waals surface area contributed by atoms with Crippen LogP contribution in [0.4, 0.5) is 0 Å². The second-order valence-corrected chi connectivity index (χ2v) is 2.26. The van der Waals surface area contributed by atoms with Gasteiger partial charge in [-0.05, 0) is 0 Å². The maximum atomic E-state index is 8.54. The Morgan fingerprint density at radius 3 is 2.70 bits per heavy atom. The van der Waals surface area contributed by atoms with E-state index in [0.29, 0.717) is 0 Å². The minimum atomic E-state index is -1.27. The summed E-state index contributed by atoms with van der Waals surface area (Å²) in [4.78, 5) is 0. The van der Waals surface area contributed by atoms with E-state index >= 15 is 0 Å². The summed E-state index contributed by atoms with van der Waals surface area (Å²) in [5, 5.41) is 17.1. The van der Waals surface area contributed by atoms with E-state index in [0.717, 1.165) is 0 Å². The zero-order valence-corrected chi connectivity index (χ0v) is 5.81. The van der Waals surface area contributed by atoms with Crippen molar-refractivity contribution in [3.05, 3.63) is 18.7 Å². The molecule has 0 atom stereocenters. The average Bonchev–Trinajstić information content (AvgIpc) is 2.13. The number of rotatable bonds is 2. The van der Waals surface area contributed by atoms with E-state index in [1.807, 2.05) is 17.8 Å². The van der Waals surface area contributed by atoms with Crippen molar-refractivity contribution in [2.24, 2.45) is 7.05 Å². The molecule has 0 radical (unpaired) electrons. The monoisotopic (exact) mass is 143 g/mol. The van der Waals surface area contributed by atoms with Crippen LogP contribution in [0, 0.1) is 0 Å². The molecule has 0 spiro atoms. The number of imidazole rings is 1. The van der Waals surface area contributed by atoms with E-state index in [9.17, 15) is 0 Å². The molecular formula is C6H11N2O2+. The fourth-order valence-electron chi connectivity index (χ4n) is 0.798. The van der Waals surface area contributed by atoms with Crippen molar-refractivity contribution in [2.75, 3.05) is 0 Å². The third kappa shape index (κ3) is 1.82. The van der Waals surface area contributed by atoms with E-state index in [1.54, 1.807) is 17.1 Å². The zero-order chi connectivity index (χ0) is 7.56. The van der Waals surface area contributed by atoms with Crippen LogP contribution in [-0.4, -0.2) is 21.1 Å². The van der Waals surface area contributed by atoms with Crippen LogP contribution in [0.1, 0.15) is 0 Å². The first-order valence-corrected chi connectivity index (χ1v) is 3.05. The van der Waals surface area contributed by atoms with Gasteiger partial charge in [0, 0.05) is 0 Å². The van der Waals surface area contributed by atoms with E-state index < -0.39 is 6.29 Å². The largest absolute Gasteiger partial charge is 0.365 e. The van der Waals surface area contributed by atoms with E-state index in [1.165, 1.54) is 0 Å². The number of aryl methyl sites for hydroxylation is 1. The fourth-order valence-corrected chi connectivity index (χ4v) is 0.798. The summed E-state index contributed by atoms with van der Waals surface area (Å²) in [6.45, 7) is 0.223. The van der Waals surface area contributed by atoms with Crippen molar-refractivity contribution in [2.45, 2.75) is 12.8 Å². The molecule has 56 valence electrons. The first-order chi connectivity index (χ1) is 4.68. The fraction of sp³-hybridized carbons (Fsp3) is 0.500. The minimum absolute atomic E-state index is 0.223. The molecule has 0 amide bonds. The van der Waals surface area contributed by atoms with Gasteiger partial charge in [-0.2, -0.15) is 0 Å². The number of nitrogens with zero attached hydrogens (tertiary/aromatic N) is 2. The van der Waals surface area contributed by atoms with Crippen molar-refractivity contribution in [3.63, 3.8) is 0 Å². The van der Waals surface area contributed by atoms with Gasteiger partial charge in [0.2, 0.25) is 6.33 Å². The molecule has 1 rings (SSSR count). The molecule has 4 heteroatoms. The third-order valence-electron chi connectivity index (χ3n) is 1.20. The molecule has 0 bridgehead atoms. The van der Waals surface area contributed by atoms with Crippen molar-refractivity contribution >= 4 is 0 Å². The lowest BCUT2D eigenvalue weighted by atomic mass is 10.6. The average molecular weight is 143 g/mol. The maximum absolute atomic E-state index is 8.54. The molecule has 4 nitrogen and oxygen atoms in total. The van der Waals surface area contributed by atoms with Crippen LogP contribution in [0.5, 0.6) is 0 Å². The summed E-state index contributed by atoms with van der Waals surface area (Å²) < 4.78 is 3.53. The second kappa shape index (κ2) is 2.81. The summed E-state index contributed by atoms with van der Waals surface area (Å²) >= 11 is 0. The van der Waals surface area contributed by atoms with Gasteiger partial charge >= 0.3 is 0 Å². The van der Waals surface area contributed by atoms with Gasteiger partial charge in [0.1, 0.15) is 18.9 Å². The molecule has 0 aromatic carbocycles. The molecule has 10 heavy (non-hydrogen) atoms. The van der Waals surface area contributed by atoms with Crippen LogP contribution in [-0.2, 0) is 13.6 Å². The van der Waals surface area contributed by atoms with Gasteiger partial charge in [-0.25, -0.2) is 9.13 Å². The quantitative estimate of drug-likeness (QED) is 0.396. The number of aliphatic hydroxyl groups is 2. The summed E-state index contributed by atoms with van der Waals surface area (Å²) in [7, 11) is 1.88. The summed E-state index contributed by atoms with van der Waals surface area (Å²) in [5.74, 6) is 0. The first kappa shape index (κ1) is 7.24. The highest BCUT2D eigenvalue weighted by Crippen LogP contribution is 1.85. The Kier molecular flexibility index (Phi) is 2.03. The molecule has 0 saturated carbocycles. The molecule has 0 saturated heterocycles. The molecular weight excluding hydrogens is 132 g/mol. The molecule has 0 aliphatic heterocycles. The number of aliphatic hydroxyl groups excluding tert-OH is 1. The number of hydrogen-bond donors (Lipinski definition) is 2. The Labute approximate surface area is 59.0 Å². The van der Waals surface area contributed by atoms with Crippen molar-refractivity contribution < 1.29 is 14.8 Å². The normalized spacial score (nSPS) is 10.8. The summed E-state index contributed by atoms with van der Waals surface area (Å²) in [6.07, 6.45) is 4.12. The Morgan fingerprint density at radius 2 is 2.30 bits per heavy atom. The highest BCUT2D eigenvalue weighted by molar-refractivity contribution is 4.65. The topological polar surface area (TPSA) is 49.3 Å². The summed E-state index contributed by atoms with van der Waals surface area (Å²) in [5.41, 5.74) is 0. The first-order valence-electron chi connectivity index (χ1n) is 3.05. The Morgan fingerprint density at radius 1 is 1.60 bits per heavy atom. The number of aromatic nitrogens is 2. The second-order valence-electron chi connectivity index (χ2n) is 2.26. The van der Waals surface area contributed by atoms with Crippen LogP contribution in [0.15, 0.2) is 18.7 Å². The molecule has 0 aliphatic rings. The lowest BCUT2D eigenvalue weighted by molar-refractivity contribution is -0.671. The van der Waals surface area contributed by atoms with Crippen LogP contribution in [0.3, 0.4) is 0 Å². The SMILES string of the molecule is C[n+]1ccn(CC(O)O)c1. The van der Waals surface area contributed by atoms with Crippen molar-refractivity contribution in [1.29, 1.82) is 0 Å².